The van der Waals surface area contributed by atoms with E-state index < -0.39 is 0 Å². The fourth-order valence-electron chi connectivity index (χ4n) is 2.84. The molecule has 2 N–H and O–H groups in total. The van der Waals surface area contributed by atoms with Crippen molar-refractivity contribution in [3.8, 4) is 0 Å². The number of hydrogen-bond acceptors (Lipinski definition) is 3. The normalized spacial score (nSPS) is 19.4. The van der Waals surface area contributed by atoms with E-state index in [2.05, 4.69) is 6.92 Å². The lowest BCUT2D eigenvalue weighted by molar-refractivity contribution is -0.136. The SMILES string of the molecule is CCc1ccccc1N1CC(C(=O)N(C)C(C)CN)CC1=O. The van der Waals surface area contributed by atoms with Crippen molar-refractivity contribution in [3.05, 3.63) is 29.8 Å². The number of benzene rings is 1. The number of aryl methyl sites for hydroxylation is 1. The second-order valence-corrected chi connectivity index (χ2v) is 5.92. The van der Waals surface area contributed by atoms with Gasteiger partial charge in [0.05, 0.1) is 5.92 Å². The van der Waals surface area contributed by atoms with E-state index in [9.17, 15) is 9.59 Å². The third kappa shape index (κ3) is 3.14. The van der Waals surface area contributed by atoms with Crippen LogP contribution in [0.5, 0.6) is 0 Å². The van der Waals surface area contributed by atoms with Crippen molar-refractivity contribution in [3.63, 3.8) is 0 Å². The van der Waals surface area contributed by atoms with Gasteiger partial charge in [0.2, 0.25) is 11.8 Å². The Balaban J connectivity index is 2.16. The maximum absolute atomic E-state index is 12.5. The molecule has 1 aliphatic heterocycles. The van der Waals surface area contributed by atoms with E-state index in [1.165, 1.54) is 0 Å². The van der Waals surface area contributed by atoms with E-state index in [-0.39, 0.29) is 30.2 Å². The topological polar surface area (TPSA) is 66.6 Å². The van der Waals surface area contributed by atoms with Crippen molar-refractivity contribution < 1.29 is 9.59 Å². The summed E-state index contributed by atoms with van der Waals surface area (Å²) in [7, 11) is 1.76. The van der Waals surface area contributed by atoms with Gasteiger partial charge in [-0.2, -0.15) is 0 Å². The second kappa shape index (κ2) is 6.92. The molecule has 0 radical (unpaired) electrons. The molecule has 5 heteroatoms. The van der Waals surface area contributed by atoms with Gasteiger partial charge < -0.3 is 15.5 Å². The molecule has 0 saturated carbocycles. The summed E-state index contributed by atoms with van der Waals surface area (Å²) in [5.74, 6) is -0.257. The average Bonchev–Trinajstić information content (AvgIpc) is 2.94. The first kappa shape index (κ1) is 16.5. The van der Waals surface area contributed by atoms with Crippen LogP contribution >= 0.6 is 0 Å². The highest BCUT2D eigenvalue weighted by Gasteiger charge is 2.37. The monoisotopic (exact) mass is 303 g/mol. The van der Waals surface area contributed by atoms with Crippen LogP contribution in [0.25, 0.3) is 0 Å². The summed E-state index contributed by atoms with van der Waals surface area (Å²) in [6, 6.07) is 7.87. The molecule has 2 amide bonds. The highest BCUT2D eigenvalue weighted by molar-refractivity contribution is 6.00. The van der Waals surface area contributed by atoms with Crippen LogP contribution in [0.2, 0.25) is 0 Å². The van der Waals surface area contributed by atoms with Crippen molar-refractivity contribution >= 4 is 17.5 Å². The lowest BCUT2D eigenvalue weighted by Crippen LogP contribution is -2.43. The Morgan fingerprint density at radius 2 is 2.14 bits per heavy atom. The lowest BCUT2D eigenvalue weighted by atomic mass is 10.1. The number of para-hydroxylation sites is 1. The number of nitrogens with zero attached hydrogens (tertiary/aromatic N) is 2. The molecule has 1 aliphatic rings. The van der Waals surface area contributed by atoms with E-state index in [4.69, 9.17) is 5.73 Å². The van der Waals surface area contributed by atoms with Crippen LogP contribution in [0.4, 0.5) is 5.69 Å². The fraction of sp³-hybridized carbons (Fsp3) is 0.529. The summed E-state index contributed by atoms with van der Waals surface area (Å²) >= 11 is 0. The molecule has 5 nitrogen and oxygen atoms in total. The van der Waals surface area contributed by atoms with Crippen molar-refractivity contribution in [1.29, 1.82) is 0 Å². The molecule has 1 heterocycles. The number of amides is 2. The summed E-state index contributed by atoms with van der Waals surface area (Å²) in [4.78, 5) is 28.3. The van der Waals surface area contributed by atoms with Crippen LogP contribution in [-0.4, -0.2) is 42.9 Å². The van der Waals surface area contributed by atoms with Crippen molar-refractivity contribution in [2.75, 3.05) is 25.0 Å². The van der Waals surface area contributed by atoms with Crippen molar-refractivity contribution in [2.45, 2.75) is 32.7 Å². The molecule has 0 aromatic heterocycles. The summed E-state index contributed by atoms with van der Waals surface area (Å²) in [5.41, 5.74) is 7.68. The van der Waals surface area contributed by atoms with Gasteiger partial charge in [0.25, 0.3) is 0 Å². The number of carbonyl (C=O) groups excluding carboxylic acids is 2. The van der Waals surface area contributed by atoms with Gasteiger partial charge in [-0.3, -0.25) is 9.59 Å². The number of nitrogens with two attached hydrogens (primary N) is 1. The highest BCUT2D eigenvalue weighted by atomic mass is 16.2. The summed E-state index contributed by atoms with van der Waals surface area (Å²) in [6.07, 6.45) is 1.14. The van der Waals surface area contributed by atoms with Gasteiger partial charge in [-0.1, -0.05) is 25.1 Å². The first-order valence-corrected chi connectivity index (χ1v) is 7.84. The zero-order valence-electron chi connectivity index (χ0n) is 13.6. The van der Waals surface area contributed by atoms with E-state index in [0.717, 1.165) is 17.7 Å². The molecule has 1 fully saturated rings. The third-order valence-electron chi connectivity index (χ3n) is 4.49. The molecule has 0 aliphatic carbocycles. The van der Waals surface area contributed by atoms with Gasteiger partial charge in [0.15, 0.2) is 0 Å². The van der Waals surface area contributed by atoms with E-state index >= 15 is 0 Å². The third-order valence-corrected chi connectivity index (χ3v) is 4.49. The molecule has 1 aromatic carbocycles. The molecule has 0 bridgehead atoms. The Morgan fingerprint density at radius 3 is 2.77 bits per heavy atom. The second-order valence-electron chi connectivity index (χ2n) is 5.92. The molecule has 1 aromatic rings. The van der Waals surface area contributed by atoms with E-state index in [0.29, 0.717) is 13.1 Å². The van der Waals surface area contributed by atoms with Gasteiger partial charge in [0, 0.05) is 38.3 Å². The smallest absolute Gasteiger partial charge is 0.228 e. The Labute approximate surface area is 132 Å². The van der Waals surface area contributed by atoms with Crippen molar-refractivity contribution in [2.24, 2.45) is 11.7 Å². The van der Waals surface area contributed by atoms with Gasteiger partial charge in [-0.25, -0.2) is 0 Å². The number of hydrogen-bond donors (Lipinski definition) is 1. The minimum absolute atomic E-state index is 0.00257. The van der Waals surface area contributed by atoms with Gasteiger partial charge in [-0.15, -0.1) is 0 Å². The van der Waals surface area contributed by atoms with Crippen LogP contribution in [-0.2, 0) is 16.0 Å². The van der Waals surface area contributed by atoms with Gasteiger partial charge in [-0.05, 0) is 25.0 Å². The summed E-state index contributed by atoms with van der Waals surface area (Å²) in [5, 5.41) is 0. The Morgan fingerprint density at radius 1 is 1.45 bits per heavy atom. The molecule has 1 saturated heterocycles. The predicted molar refractivity (Wildman–Crippen MR) is 87.6 cm³/mol. The lowest BCUT2D eigenvalue weighted by Gasteiger charge is -2.26. The van der Waals surface area contributed by atoms with Crippen LogP contribution in [0.3, 0.4) is 0 Å². The van der Waals surface area contributed by atoms with Crippen LogP contribution < -0.4 is 10.6 Å². The van der Waals surface area contributed by atoms with Crippen LogP contribution in [0.15, 0.2) is 24.3 Å². The maximum Gasteiger partial charge on any atom is 0.228 e. The molecule has 22 heavy (non-hydrogen) atoms. The minimum atomic E-state index is -0.281. The first-order valence-electron chi connectivity index (χ1n) is 7.84. The maximum atomic E-state index is 12.5. The molecule has 2 rings (SSSR count). The zero-order chi connectivity index (χ0) is 16.3. The van der Waals surface area contributed by atoms with E-state index in [1.54, 1.807) is 16.8 Å². The Bertz CT molecular complexity index is 559. The highest BCUT2D eigenvalue weighted by Crippen LogP contribution is 2.29. The zero-order valence-corrected chi connectivity index (χ0v) is 13.6. The molecular formula is C17H25N3O2. The van der Waals surface area contributed by atoms with Crippen LogP contribution in [0.1, 0.15) is 25.8 Å². The first-order chi connectivity index (χ1) is 10.5. The number of likely N-dealkylation sites (N-methyl/N-ethyl adjacent to an activating group) is 1. The quantitative estimate of drug-likeness (QED) is 0.894. The average molecular weight is 303 g/mol. The molecule has 0 spiro atoms. The van der Waals surface area contributed by atoms with Gasteiger partial charge >= 0.3 is 0 Å². The van der Waals surface area contributed by atoms with Crippen molar-refractivity contribution in [1.82, 2.24) is 4.90 Å². The molecule has 2 unspecified atom stereocenters. The number of anilines is 1. The van der Waals surface area contributed by atoms with E-state index in [1.807, 2.05) is 31.2 Å². The Hall–Kier alpha value is -1.88. The summed E-state index contributed by atoms with van der Waals surface area (Å²) < 4.78 is 0. The Kier molecular flexibility index (Phi) is 5.19. The largest absolute Gasteiger partial charge is 0.341 e. The molecule has 120 valence electrons. The fourth-order valence-corrected chi connectivity index (χ4v) is 2.84. The summed E-state index contributed by atoms with van der Waals surface area (Å²) in [6.45, 7) is 4.86. The standard InChI is InChI=1S/C17H25N3O2/c1-4-13-7-5-6-8-15(13)20-11-14(9-16(20)21)17(22)19(3)12(2)10-18/h5-8,12,14H,4,9-11,18H2,1-3H3. The van der Waals surface area contributed by atoms with Crippen LogP contribution in [0, 0.1) is 5.92 Å². The van der Waals surface area contributed by atoms with Gasteiger partial charge in [0.1, 0.15) is 0 Å². The minimum Gasteiger partial charge on any atom is -0.341 e. The number of carbonyl (C=O) groups is 2. The predicted octanol–water partition coefficient (Wildman–Crippen LogP) is 1.41. The molecule has 2 atom stereocenters. The molecular weight excluding hydrogens is 278 g/mol. The number of rotatable bonds is 5.